The van der Waals surface area contributed by atoms with E-state index in [1.807, 2.05) is 0 Å². The molecule has 0 saturated carbocycles. The summed E-state index contributed by atoms with van der Waals surface area (Å²) in [6, 6.07) is 11.6. The van der Waals surface area contributed by atoms with Crippen molar-refractivity contribution in [2.24, 2.45) is 0 Å². The molecule has 1 aromatic carbocycles. The fourth-order valence-corrected chi connectivity index (χ4v) is 2.70. The maximum atomic E-state index is 12.4. The number of aromatic nitrogens is 5. The van der Waals surface area contributed by atoms with E-state index >= 15 is 0 Å². The standard InChI is InChI=1S/C19H12F3N5O2/c20-19(21,22)29-15-3-1-13(2-4-15)26-12-8-17(28)18(25-26)16-7-11-24-27(16)14-5-9-23-10-6-14/h1-12H. The molecule has 29 heavy (non-hydrogen) atoms. The van der Waals surface area contributed by atoms with E-state index in [1.54, 1.807) is 35.3 Å². The Hall–Kier alpha value is -3.95. The van der Waals surface area contributed by atoms with Crippen molar-refractivity contribution in [2.45, 2.75) is 6.36 Å². The minimum absolute atomic E-state index is 0.137. The van der Waals surface area contributed by atoms with Gasteiger partial charge in [-0.1, -0.05) is 0 Å². The van der Waals surface area contributed by atoms with E-state index in [2.05, 4.69) is 19.9 Å². The van der Waals surface area contributed by atoms with Crippen molar-refractivity contribution < 1.29 is 17.9 Å². The summed E-state index contributed by atoms with van der Waals surface area (Å²) in [5.74, 6) is -0.349. The van der Waals surface area contributed by atoms with Gasteiger partial charge in [0.2, 0.25) is 5.43 Å². The fourth-order valence-electron chi connectivity index (χ4n) is 2.70. The normalized spacial score (nSPS) is 11.4. The molecule has 0 fully saturated rings. The summed E-state index contributed by atoms with van der Waals surface area (Å²) in [7, 11) is 0. The number of benzene rings is 1. The van der Waals surface area contributed by atoms with Crippen LogP contribution in [0.1, 0.15) is 0 Å². The van der Waals surface area contributed by atoms with Crippen LogP contribution in [0, 0.1) is 0 Å². The van der Waals surface area contributed by atoms with E-state index in [-0.39, 0.29) is 16.9 Å². The molecule has 4 rings (SSSR count). The second-order valence-corrected chi connectivity index (χ2v) is 5.85. The Labute approximate surface area is 161 Å². The topological polar surface area (TPSA) is 74.8 Å². The third-order valence-electron chi connectivity index (χ3n) is 3.94. The maximum absolute atomic E-state index is 12.4. The molecule has 0 aliphatic heterocycles. The predicted octanol–water partition coefficient (Wildman–Crippen LogP) is 3.38. The second-order valence-electron chi connectivity index (χ2n) is 5.85. The highest BCUT2D eigenvalue weighted by Gasteiger charge is 2.31. The largest absolute Gasteiger partial charge is 0.573 e. The molecule has 0 aliphatic rings. The van der Waals surface area contributed by atoms with Gasteiger partial charge in [0.15, 0.2) is 5.69 Å². The van der Waals surface area contributed by atoms with Gasteiger partial charge in [0, 0.05) is 24.7 Å². The number of nitrogens with zero attached hydrogens (tertiary/aromatic N) is 5. The summed E-state index contributed by atoms with van der Waals surface area (Å²) in [6.45, 7) is 0. The van der Waals surface area contributed by atoms with Crippen molar-refractivity contribution in [1.29, 1.82) is 0 Å². The minimum Gasteiger partial charge on any atom is -0.406 e. The third-order valence-corrected chi connectivity index (χ3v) is 3.94. The first-order valence-electron chi connectivity index (χ1n) is 8.32. The lowest BCUT2D eigenvalue weighted by molar-refractivity contribution is -0.274. The highest BCUT2D eigenvalue weighted by molar-refractivity contribution is 5.57. The first kappa shape index (κ1) is 18.4. The van der Waals surface area contributed by atoms with Crippen molar-refractivity contribution in [3.05, 3.63) is 83.5 Å². The molecule has 0 aliphatic carbocycles. The predicted molar refractivity (Wildman–Crippen MR) is 96.9 cm³/mol. The van der Waals surface area contributed by atoms with Crippen molar-refractivity contribution in [1.82, 2.24) is 24.5 Å². The fraction of sp³-hybridized carbons (Fsp3) is 0.0526. The van der Waals surface area contributed by atoms with Gasteiger partial charge >= 0.3 is 6.36 Å². The summed E-state index contributed by atoms with van der Waals surface area (Å²) < 4.78 is 43.7. The van der Waals surface area contributed by atoms with Crippen LogP contribution in [-0.4, -0.2) is 30.9 Å². The van der Waals surface area contributed by atoms with E-state index in [4.69, 9.17) is 0 Å². The number of pyridine rings is 1. The molecule has 0 spiro atoms. The molecule has 0 radical (unpaired) electrons. The molecule has 0 atom stereocenters. The number of alkyl halides is 3. The Bertz CT molecular complexity index is 1180. The molecule has 4 aromatic rings. The van der Waals surface area contributed by atoms with Gasteiger partial charge in [-0.2, -0.15) is 10.2 Å². The van der Waals surface area contributed by atoms with Crippen LogP contribution in [0.3, 0.4) is 0 Å². The van der Waals surface area contributed by atoms with Crippen LogP contribution in [-0.2, 0) is 0 Å². The van der Waals surface area contributed by atoms with E-state index in [9.17, 15) is 18.0 Å². The van der Waals surface area contributed by atoms with Gasteiger partial charge in [0.25, 0.3) is 0 Å². The van der Waals surface area contributed by atoms with Crippen molar-refractivity contribution in [3.63, 3.8) is 0 Å². The van der Waals surface area contributed by atoms with Gasteiger partial charge < -0.3 is 4.74 Å². The molecule has 0 unspecified atom stereocenters. The zero-order valence-corrected chi connectivity index (χ0v) is 14.6. The Morgan fingerprint density at radius 3 is 2.28 bits per heavy atom. The van der Waals surface area contributed by atoms with Crippen molar-refractivity contribution >= 4 is 0 Å². The number of rotatable bonds is 4. The average molecular weight is 399 g/mol. The van der Waals surface area contributed by atoms with E-state index in [0.29, 0.717) is 17.1 Å². The van der Waals surface area contributed by atoms with E-state index < -0.39 is 6.36 Å². The first-order valence-corrected chi connectivity index (χ1v) is 8.32. The van der Waals surface area contributed by atoms with Gasteiger partial charge in [0.1, 0.15) is 5.75 Å². The minimum atomic E-state index is -4.77. The van der Waals surface area contributed by atoms with Crippen LogP contribution in [0.4, 0.5) is 13.2 Å². The molecular formula is C19H12F3N5O2. The zero-order valence-electron chi connectivity index (χ0n) is 14.6. The van der Waals surface area contributed by atoms with Crippen LogP contribution in [0.15, 0.2) is 78.1 Å². The highest BCUT2D eigenvalue weighted by atomic mass is 19.4. The van der Waals surface area contributed by atoms with Crippen LogP contribution in [0.2, 0.25) is 0 Å². The van der Waals surface area contributed by atoms with Crippen LogP contribution in [0.25, 0.3) is 22.8 Å². The summed E-state index contributed by atoms with van der Waals surface area (Å²) in [6.07, 6.45) is 1.40. The molecule has 7 nitrogen and oxygen atoms in total. The Morgan fingerprint density at radius 2 is 1.59 bits per heavy atom. The van der Waals surface area contributed by atoms with Crippen LogP contribution in [0.5, 0.6) is 5.75 Å². The zero-order chi connectivity index (χ0) is 20.4. The van der Waals surface area contributed by atoms with E-state index in [0.717, 1.165) is 0 Å². The SMILES string of the molecule is O=c1ccn(-c2ccc(OC(F)(F)F)cc2)nc1-c1ccnn1-c1ccncc1. The molecule has 0 bridgehead atoms. The smallest absolute Gasteiger partial charge is 0.406 e. The van der Waals surface area contributed by atoms with Gasteiger partial charge in [-0.15, -0.1) is 13.2 Å². The monoisotopic (exact) mass is 399 g/mol. The maximum Gasteiger partial charge on any atom is 0.573 e. The molecule has 3 heterocycles. The quantitative estimate of drug-likeness (QED) is 0.526. The van der Waals surface area contributed by atoms with E-state index in [1.165, 1.54) is 47.4 Å². The summed E-state index contributed by atoms with van der Waals surface area (Å²) >= 11 is 0. The number of hydrogen-bond donors (Lipinski definition) is 0. The van der Waals surface area contributed by atoms with Crippen LogP contribution >= 0.6 is 0 Å². The number of ether oxygens (including phenoxy) is 1. The lowest BCUT2D eigenvalue weighted by Crippen LogP contribution is -2.17. The Morgan fingerprint density at radius 1 is 0.862 bits per heavy atom. The average Bonchev–Trinajstić information content (AvgIpc) is 3.18. The van der Waals surface area contributed by atoms with Gasteiger partial charge in [-0.25, -0.2) is 9.36 Å². The van der Waals surface area contributed by atoms with Crippen molar-refractivity contribution in [2.75, 3.05) is 0 Å². The second kappa shape index (κ2) is 7.23. The van der Waals surface area contributed by atoms with Gasteiger partial charge in [0.05, 0.1) is 23.3 Å². The molecule has 3 aromatic heterocycles. The lowest BCUT2D eigenvalue weighted by atomic mass is 10.2. The molecular weight excluding hydrogens is 387 g/mol. The molecule has 10 heteroatoms. The Balaban J connectivity index is 1.72. The van der Waals surface area contributed by atoms with Gasteiger partial charge in [-0.05, 0) is 42.5 Å². The van der Waals surface area contributed by atoms with Crippen molar-refractivity contribution in [3.8, 4) is 28.5 Å². The van der Waals surface area contributed by atoms with Gasteiger partial charge in [-0.3, -0.25) is 9.78 Å². The molecule has 146 valence electrons. The molecule has 0 saturated heterocycles. The number of halogens is 3. The highest BCUT2D eigenvalue weighted by Crippen LogP contribution is 2.24. The third kappa shape index (κ3) is 4.00. The summed E-state index contributed by atoms with van der Waals surface area (Å²) in [4.78, 5) is 16.4. The molecule has 0 amide bonds. The summed E-state index contributed by atoms with van der Waals surface area (Å²) in [5, 5.41) is 8.57. The summed E-state index contributed by atoms with van der Waals surface area (Å²) in [5.41, 5.74) is 1.43. The van der Waals surface area contributed by atoms with Crippen LogP contribution < -0.4 is 10.2 Å². The Kier molecular flexibility index (Phi) is 4.59. The first-order chi connectivity index (χ1) is 13.9. The lowest BCUT2D eigenvalue weighted by Gasteiger charge is -2.11. The molecule has 0 N–H and O–H groups in total. The number of hydrogen-bond acceptors (Lipinski definition) is 5.